The van der Waals surface area contributed by atoms with E-state index in [1.165, 1.54) is 0 Å². The number of fused-ring (bicyclic) bond motifs is 1. The lowest BCUT2D eigenvalue weighted by molar-refractivity contribution is -0.757. The number of carbonyl (C=O) groups excluding carboxylic acids is 2. The summed E-state index contributed by atoms with van der Waals surface area (Å²) in [5.74, 6) is -0.461. The Bertz CT molecular complexity index is 648. The van der Waals surface area contributed by atoms with Crippen LogP contribution in [0.4, 0.5) is 0 Å². The van der Waals surface area contributed by atoms with Gasteiger partial charge in [0.2, 0.25) is 0 Å². The van der Waals surface area contributed by atoms with Gasteiger partial charge in [-0.05, 0) is 38.1 Å². The van der Waals surface area contributed by atoms with Crippen molar-refractivity contribution in [3.63, 3.8) is 0 Å². The van der Waals surface area contributed by atoms with Crippen LogP contribution in [0.15, 0.2) is 18.2 Å². The van der Waals surface area contributed by atoms with Crippen molar-refractivity contribution in [1.29, 1.82) is 0 Å². The molecule has 0 aromatic heterocycles. The second-order valence-electron chi connectivity index (χ2n) is 5.66. The van der Waals surface area contributed by atoms with E-state index in [9.17, 15) is 19.7 Å². The van der Waals surface area contributed by atoms with Crippen LogP contribution in [0.25, 0.3) is 0 Å². The van der Waals surface area contributed by atoms with Crippen molar-refractivity contribution in [2.45, 2.75) is 33.6 Å². The lowest BCUT2D eigenvalue weighted by atomic mass is 10.1. The topological polar surface area (TPSA) is 111 Å². The number of carbonyl (C=O) groups is 2. The number of amides is 2. The summed E-state index contributed by atoms with van der Waals surface area (Å²) in [5.41, 5.74) is 0.560. The van der Waals surface area contributed by atoms with E-state index in [-0.39, 0.29) is 25.1 Å². The summed E-state index contributed by atoms with van der Waals surface area (Å²) in [7, 11) is 0. The maximum atomic E-state index is 12.4. The van der Waals surface area contributed by atoms with E-state index in [2.05, 4.69) is 24.0 Å². The Kier molecular flexibility index (Phi) is 9.81. The molecule has 0 spiro atoms. The average Bonchev–Trinajstić information content (AvgIpc) is 2.89. The maximum Gasteiger partial charge on any atom is 0.294 e. The molecule has 0 saturated heterocycles. The van der Waals surface area contributed by atoms with Gasteiger partial charge in [-0.25, -0.2) is 0 Å². The lowest BCUT2D eigenvalue weighted by Gasteiger charge is -2.13. The van der Waals surface area contributed by atoms with Crippen molar-refractivity contribution in [1.82, 2.24) is 10.2 Å². The van der Waals surface area contributed by atoms with E-state index < -0.39 is 16.9 Å². The highest BCUT2D eigenvalue weighted by atomic mass is 16.9. The molecule has 0 bridgehead atoms. The van der Waals surface area contributed by atoms with Crippen LogP contribution in [0.5, 0.6) is 5.75 Å². The predicted octanol–water partition coefficient (Wildman–Crippen LogP) is 2.29. The third-order valence-electron chi connectivity index (χ3n) is 3.65. The molecule has 150 valence electrons. The van der Waals surface area contributed by atoms with Gasteiger partial charge in [-0.2, -0.15) is 0 Å². The van der Waals surface area contributed by atoms with Crippen molar-refractivity contribution in [2.24, 2.45) is 0 Å². The summed E-state index contributed by atoms with van der Waals surface area (Å²) in [6.07, 6.45) is 0.978. The first-order valence-corrected chi connectivity index (χ1v) is 9.07. The van der Waals surface area contributed by atoms with E-state index in [1.807, 2.05) is 6.92 Å². The maximum absolute atomic E-state index is 12.4. The molecule has 1 aromatic carbocycles. The van der Waals surface area contributed by atoms with Crippen molar-refractivity contribution in [3.8, 4) is 5.75 Å². The molecule has 1 aliphatic rings. The molecule has 0 radical (unpaired) electrons. The summed E-state index contributed by atoms with van der Waals surface area (Å²) in [5, 5.41) is 12.3. The Labute approximate surface area is 158 Å². The molecular weight excluding hydrogens is 354 g/mol. The van der Waals surface area contributed by atoms with Crippen molar-refractivity contribution in [2.75, 3.05) is 32.8 Å². The van der Waals surface area contributed by atoms with Crippen LogP contribution in [0, 0.1) is 10.1 Å². The van der Waals surface area contributed by atoms with E-state index >= 15 is 0 Å². The zero-order chi connectivity index (χ0) is 20.2. The van der Waals surface area contributed by atoms with Gasteiger partial charge in [-0.3, -0.25) is 14.5 Å². The highest BCUT2D eigenvalue weighted by Gasteiger charge is 2.37. The fourth-order valence-corrected chi connectivity index (χ4v) is 2.45. The lowest BCUT2D eigenvalue weighted by Crippen LogP contribution is -2.31. The zero-order valence-corrected chi connectivity index (χ0v) is 16.0. The Morgan fingerprint density at radius 1 is 1.11 bits per heavy atom. The van der Waals surface area contributed by atoms with E-state index in [4.69, 9.17) is 4.74 Å². The number of hydrogen-bond donors (Lipinski definition) is 1. The smallest absolute Gasteiger partial charge is 0.294 e. The van der Waals surface area contributed by atoms with Gasteiger partial charge in [0.1, 0.15) is 5.75 Å². The van der Waals surface area contributed by atoms with Crippen LogP contribution in [0.3, 0.4) is 0 Å². The molecule has 0 aliphatic carbocycles. The van der Waals surface area contributed by atoms with Crippen LogP contribution >= 0.6 is 0 Å². The Morgan fingerprint density at radius 3 is 2.37 bits per heavy atom. The molecule has 9 nitrogen and oxygen atoms in total. The molecule has 2 amide bonds. The SMILES string of the molecule is CCCOc1cccc2c1C(=O)N(CCCO[N+](=O)[O-])C2=O.CCNCC. The molecule has 27 heavy (non-hydrogen) atoms. The minimum Gasteiger partial charge on any atom is -0.493 e. The van der Waals surface area contributed by atoms with E-state index in [1.54, 1.807) is 18.2 Å². The third kappa shape index (κ3) is 6.52. The molecule has 1 N–H and O–H groups in total. The molecule has 1 aromatic rings. The van der Waals surface area contributed by atoms with Crippen LogP contribution in [0.1, 0.15) is 54.3 Å². The quantitative estimate of drug-likeness (QED) is 0.286. The van der Waals surface area contributed by atoms with Crippen LogP contribution in [-0.2, 0) is 4.84 Å². The molecule has 1 aliphatic heterocycles. The summed E-state index contributed by atoms with van der Waals surface area (Å²) < 4.78 is 5.51. The molecule has 0 unspecified atom stereocenters. The molecule has 0 atom stereocenters. The van der Waals surface area contributed by atoms with Gasteiger partial charge in [0, 0.05) is 6.54 Å². The van der Waals surface area contributed by atoms with Crippen molar-refractivity contribution < 1.29 is 24.3 Å². The first-order chi connectivity index (χ1) is 13.0. The number of benzene rings is 1. The van der Waals surface area contributed by atoms with Gasteiger partial charge in [-0.1, -0.05) is 26.8 Å². The molecule has 2 rings (SSSR count). The van der Waals surface area contributed by atoms with Gasteiger partial charge < -0.3 is 14.9 Å². The highest BCUT2D eigenvalue weighted by Crippen LogP contribution is 2.31. The van der Waals surface area contributed by atoms with E-state index in [0.29, 0.717) is 17.9 Å². The van der Waals surface area contributed by atoms with Crippen LogP contribution in [-0.4, -0.2) is 54.6 Å². The average molecular weight is 381 g/mol. The van der Waals surface area contributed by atoms with Gasteiger partial charge in [0.25, 0.3) is 16.9 Å². The second-order valence-corrected chi connectivity index (χ2v) is 5.66. The zero-order valence-electron chi connectivity index (χ0n) is 16.0. The first kappa shape index (κ1) is 22.4. The van der Waals surface area contributed by atoms with Crippen molar-refractivity contribution in [3.05, 3.63) is 39.4 Å². The second kappa shape index (κ2) is 11.8. The molecule has 0 fully saturated rings. The number of ether oxygens (including phenoxy) is 1. The standard InChI is InChI=1S/C14H16N2O6.C4H11N/c1-2-8-21-11-6-3-5-10-12(11)14(18)15(13(10)17)7-4-9-22-16(19)20;1-3-5-4-2/h3,5-6H,2,4,7-9H2,1H3;5H,3-4H2,1-2H3. The number of nitrogens with zero attached hydrogens (tertiary/aromatic N) is 2. The van der Waals surface area contributed by atoms with Crippen LogP contribution < -0.4 is 10.1 Å². The summed E-state index contributed by atoms with van der Waals surface area (Å²) in [6, 6.07) is 4.88. The minimum absolute atomic E-state index is 0.0629. The van der Waals surface area contributed by atoms with Gasteiger partial charge in [0.05, 0.1) is 24.3 Å². The van der Waals surface area contributed by atoms with Gasteiger partial charge >= 0.3 is 0 Å². The Balaban J connectivity index is 0.000000646. The Hall–Kier alpha value is -2.68. The van der Waals surface area contributed by atoms with E-state index in [0.717, 1.165) is 24.4 Å². The van der Waals surface area contributed by atoms with Gasteiger partial charge in [0.15, 0.2) is 0 Å². The molecule has 1 heterocycles. The largest absolute Gasteiger partial charge is 0.493 e. The molecule has 9 heteroatoms. The fraction of sp³-hybridized carbons (Fsp3) is 0.556. The Morgan fingerprint density at radius 2 is 1.81 bits per heavy atom. The number of nitrogens with one attached hydrogen (secondary N) is 1. The van der Waals surface area contributed by atoms with Crippen molar-refractivity contribution >= 4 is 11.8 Å². The highest BCUT2D eigenvalue weighted by molar-refractivity contribution is 6.22. The number of rotatable bonds is 10. The summed E-state index contributed by atoms with van der Waals surface area (Å²) >= 11 is 0. The monoisotopic (exact) mass is 381 g/mol. The molecule has 0 saturated carbocycles. The first-order valence-electron chi connectivity index (χ1n) is 9.07. The number of hydrogen-bond acceptors (Lipinski definition) is 7. The molecular formula is C18H27N3O6. The number of imide groups is 1. The van der Waals surface area contributed by atoms with Crippen LogP contribution in [0.2, 0.25) is 0 Å². The minimum atomic E-state index is -0.904. The fourth-order valence-electron chi connectivity index (χ4n) is 2.45. The predicted molar refractivity (Wildman–Crippen MR) is 99.4 cm³/mol. The summed E-state index contributed by atoms with van der Waals surface area (Å²) in [4.78, 5) is 39.9. The third-order valence-corrected chi connectivity index (χ3v) is 3.65. The normalized spacial score (nSPS) is 12.3. The van der Waals surface area contributed by atoms with Gasteiger partial charge in [-0.15, -0.1) is 10.1 Å². The summed E-state index contributed by atoms with van der Waals surface area (Å²) in [6.45, 7) is 8.68.